The van der Waals surface area contributed by atoms with Crippen LogP contribution < -0.4 is 5.32 Å². The number of fused-ring (bicyclic) bond motifs is 2. The first-order valence-electron chi connectivity index (χ1n) is 23.8. The van der Waals surface area contributed by atoms with Crippen LogP contribution in [0.15, 0.2) is 49.2 Å². The van der Waals surface area contributed by atoms with Gasteiger partial charge in [0.05, 0.1) is 35.6 Å². The second-order valence-corrected chi connectivity index (χ2v) is 19.6. The molecule has 64 heavy (non-hydrogen) atoms. The fourth-order valence-electron chi connectivity index (χ4n) is 12.2. The lowest BCUT2D eigenvalue weighted by Crippen LogP contribution is -2.56. The normalized spacial score (nSPS) is 27.2. The quantitative estimate of drug-likeness (QED) is 0.149. The third kappa shape index (κ3) is 8.22. The summed E-state index contributed by atoms with van der Waals surface area (Å²) in [5.41, 5.74) is 4.34. The van der Waals surface area contributed by atoms with Gasteiger partial charge in [-0.25, -0.2) is 14.3 Å². The number of urea groups is 1. The summed E-state index contributed by atoms with van der Waals surface area (Å²) in [7, 11) is 1.89. The predicted octanol–water partition coefficient (Wildman–Crippen LogP) is 5.11. The van der Waals surface area contributed by atoms with E-state index in [2.05, 4.69) is 30.2 Å². The molecular formula is C48H61N11O5. The van der Waals surface area contributed by atoms with Gasteiger partial charge in [-0.3, -0.25) is 34.2 Å². The van der Waals surface area contributed by atoms with Crippen molar-refractivity contribution in [3.8, 4) is 11.4 Å². The summed E-state index contributed by atoms with van der Waals surface area (Å²) in [5, 5.41) is 11.8. The van der Waals surface area contributed by atoms with Gasteiger partial charge in [0.25, 0.3) is 0 Å². The largest absolute Gasteiger partial charge is 0.342 e. The topological polar surface area (TPSA) is 171 Å². The standard InChI is InChI=1S/C48H61N11O5/c1-30-9-14-38(50-25-30)43-34(24-41(60)37-26-51-57-21-5-19-49-45(37)57)29-58(53-43)36-12-10-33(11-13-36)47(63)56-22-17-31(18-23-56)35-27-55(28-35)20-4-7-32-6-3-8-39-44(32)54(2)48(64)59(39)40-15-16-42(61)52-46(40)62/h5,9,14,19,21,25-26,29,31-33,35-36,39-40,44H,3-4,6-8,10-13,15-18,20,22-24,27-28H2,1-2H3,(H,52,61,62). The second kappa shape index (κ2) is 17.8. The van der Waals surface area contributed by atoms with Crippen molar-refractivity contribution in [1.29, 1.82) is 0 Å². The number of carbonyl (C=O) groups excluding carboxylic acids is 5. The number of hydrogen-bond acceptors (Lipinski definition) is 10. The minimum absolute atomic E-state index is 0.0343. The molecule has 338 valence electrons. The van der Waals surface area contributed by atoms with Crippen molar-refractivity contribution in [3.63, 3.8) is 0 Å². The Balaban J connectivity index is 0.673. The monoisotopic (exact) mass is 871 g/mol. The van der Waals surface area contributed by atoms with Crippen LogP contribution in [0.3, 0.4) is 0 Å². The second-order valence-electron chi connectivity index (χ2n) is 19.6. The molecule has 4 saturated heterocycles. The van der Waals surface area contributed by atoms with Gasteiger partial charge in [-0.05, 0) is 120 Å². The predicted molar refractivity (Wildman–Crippen MR) is 237 cm³/mol. The Kier molecular flexibility index (Phi) is 11.8. The SMILES string of the molecule is Cc1ccc(-c2nn(C3CCC(C(=O)N4CCC(C5CN(CCCC6CCCC7C6N(C)C(=O)N7C6CCC(=O)NC6=O)C5)CC4)CC3)cc2CC(=O)c2cnn3cccnc23)nc1. The molecule has 0 bridgehead atoms. The van der Waals surface area contributed by atoms with Crippen LogP contribution in [-0.2, 0) is 20.8 Å². The van der Waals surface area contributed by atoms with Gasteiger partial charge in [0.15, 0.2) is 11.4 Å². The molecule has 10 rings (SSSR count). The number of Topliss-reactive ketones (excluding diaryl/α,β-unsaturated/α-hetero) is 1. The van der Waals surface area contributed by atoms with E-state index >= 15 is 0 Å². The molecule has 2 saturated carbocycles. The van der Waals surface area contributed by atoms with Crippen molar-refractivity contribution >= 4 is 35.2 Å². The van der Waals surface area contributed by atoms with Crippen molar-refractivity contribution in [2.45, 2.75) is 121 Å². The van der Waals surface area contributed by atoms with Crippen molar-refractivity contribution in [2.75, 3.05) is 39.8 Å². The first-order chi connectivity index (χ1) is 31.1. The summed E-state index contributed by atoms with van der Waals surface area (Å²) in [6, 6.07) is 5.44. The lowest BCUT2D eigenvalue weighted by atomic mass is 9.77. The molecule has 0 radical (unpaired) electrons. The van der Waals surface area contributed by atoms with Crippen LogP contribution in [0.4, 0.5) is 4.79 Å². The van der Waals surface area contributed by atoms with E-state index < -0.39 is 6.04 Å². The molecule has 4 aromatic heterocycles. The summed E-state index contributed by atoms with van der Waals surface area (Å²) in [6.45, 7) is 7.02. The number of amides is 5. The van der Waals surface area contributed by atoms with Crippen LogP contribution in [0.5, 0.6) is 0 Å². The number of likely N-dealkylation sites (tertiary alicyclic amines) is 2. The average molecular weight is 872 g/mol. The van der Waals surface area contributed by atoms with Gasteiger partial charge in [-0.1, -0.05) is 12.5 Å². The van der Waals surface area contributed by atoms with E-state index in [1.807, 2.05) is 48.1 Å². The number of pyridine rings is 1. The summed E-state index contributed by atoms with van der Waals surface area (Å²) >= 11 is 0. The molecule has 4 unspecified atom stereocenters. The van der Waals surface area contributed by atoms with E-state index in [-0.39, 0.29) is 60.5 Å². The number of hydrogen-bond donors (Lipinski definition) is 1. The van der Waals surface area contributed by atoms with Crippen LogP contribution in [0.1, 0.15) is 111 Å². The maximum atomic E-state index is 13.9. The van der Waals surface area contributed by atoms with Gasteiger partial charge in [0.1, 0.15) is 11.7 Å². The molecule has 4 aliphatic heterocycles. The zero-order valence-electron chi connectivity index (χ0n) is 37.2. The molecule has 2 aliphatic carbocycles. The fraction of sp³-hybridized carbons (Fsp3) is 0.604. The van der Waals surface area contributed by atoms with Crippen LogP contribution in [-0.4, -0.2) is 136 Å². The molecule has 1 N–H and O–H groups in total. The molecule has 16 heteroatoms. The van der Waals surface area contributed by atoms with Gasteiger partial charge in [0.2, 0.25) is 17.7 Å². The molecule has 5 amide bonds. The maximum absolute atomic E-state index is 13.9. The molecule has 6 aliphatic rings. The molecule has 4 atom stereocenters. The Bertz CT molecular complexity index is 2390. The number of likely N-dealkylation sites (N-methyl/N-ethyl adjacent to an activating group) is 1. The highest BCUT2D eigenvalue weighted by Crippen LogP contribution is 2.42. The van der Waals surface area contributed by atoms with Gasteiger partial charge < -0.3 is 19.6 Å². The Morgan fingerprint density at radius 1 is 0.906 bits per heavy atom. The first-order valence-corrected chi connectivity index (χ1v) is 23.8. The Hall–Kier alpha value is -5.51. The van der Waals surface area contributed by atoms with Crippen molar-refractivity contribution < 1.29 is 24.0 Å². The highest BCUT2D eigenvalue weighted by molar-refractivity contribution is 6.03. The van der Waals surface area contributed by atoms with Crippen molar-refractivity contribution in [1.82, 2.24) is 54.3 Å². The van der Waals surface area contributed by atoms with E-state index in [1.165, 1.54) is 0 Å². The number of imide groups is 1. The lowest BCUT2D eigenvalue weighted by molar-refractivity contribution is -0.139. The van der Waals surface area contributed by atoms with E-state index in [0.717, 1.165) is 120 Å². The van der Waals surface area contributed by atoms with E-state index in [9.17, 15) is 24.0 Å². The zero-order valence-corrected chi connectivity index (χ0v) is 37.2. The summed E-state index contributed by atoms with van der Waals surface area (Å²) < 4.78 is 3.63. The summed E-state index contributed by atoms with van der Waals surface area (Å²) in [5.74, 6) is 1.47. The molecule has 6 fully saturated rings. The molecular weight excluding hydrogens is 811 g/mol. The van der Waals surface area contributed by atoms with E-state index in [4.69, 9.17) is 5.10 Å². The maximum Gasteiger partial charge on any atom is 0.321 e. The van der Waals surface area contributed by atoms with Crippen LogP contribution in [0.2, 0.25) is 0 Å². The number of nitrogens with zero attached hydrogens (tertiary/aromatic N) is 10. The average Bonchev–Trinajstić information content (AvgIpc) is 3.99. The van der Waals surface area contributed by atoms with Crippen LogP contribution >= 0.6 is 0 Å². The Labute approximate surface area is 374 Å². The van der Waals surface area contributed by atoms with Gasteiger partial charge >= 0.3 is 6.03 Å². The molecule has 4 aromatic rings. The number of aromatic nitrogens is 6. The van der Waals surface area contributed by atoms with Gasteiger partial charge in [0, 0.05) is 82.3 Å². The fourth-order valence-corrected chi connectivity index (χ4v) is 12.2. The molecule has 0 aromatic carbocycles. The zero-order chi connectivity index (χ0) is 44.1. The minimum Gasteiger partial charge on any atom is -0.342 e. The smallest absolute Gasteiger partial charge is 0.321 e. The molecule has 8 heterocycles. The van der Waals surface area contributed by atoms with Gasteiger partial charge in [-0.15, -0.1) is 0 Å². The van der Waals surface area contributed by atoms with Crippen molar-refractivity contribution in [2.24, 2.45) is 23.7 Å². The van der Waals surface area contributed by atoms with Crippen LogP contribution in [0, 0.1) is 30.6 Å². The molecule has 16 nitrogen and oxygen atoms in total. The number of piperidine rings is 2. The lowest BCUT2D eigenvalue weighted by Gasteiger charge is -2.47. The molecule has 0 spiro atoms. The highest BCUT2D eigenvalue weighted by Gasteiger charge is 2.53. The Morgan fingerprint density at radius 2 is 1.72 bits per heavy atom. The number of ketones is 1. The summed E-state index contributed by atoms with van der Waals surface area (Å²) in [6.07, 6.45) is 20.5. The minimum atomic E-state index is -0.550. The third-order valence-electron chi connectivity index (χ3n) is 15.7. The number of carbonyl (C=O) groups is 5. The van der Waals surface area contributed by atoms with Crippen LogP contribution in [0.25, 0.3) is 17.0 Å². The third-order valence-corrected chi connectivity index (χ3v) is 15.7. The summed E-state index contributed by atoms with van der Waals surface area (Å²) in [4.78, 5) is 82.9. The number of aryl methyl sites for hydroxylation is 1. The number of rotatable bonds is 12. The first kappa shape index (κ1) is 42.4. The van der Waals surface area contributed by atoms with E-state index in [1.54, 1.807) is 34.1 Å². The number of nitrogens with one attached hydrogen (secondary N) is 1. The highest BCUT2D eigenvalue weighted by atomic mass is 16.2. The Morgan fingerprint density at radius 3 is 2.48 bits per heavy atom. The van der Waals surface area contributed by atoms with Crippen molar-refractivity contribution in [3.05, 3.63) is 65.9 Å². The van der Waals surface area contributed by atoms with Gasteiger partial charge in [-0.2, -0.15) is 10.2 Å². The van der Waals surface area contributed by atoms with E-state index in [0.29, 0.717) is 47.0 Å².